The molecule has 1 rings (SSSR count). The van der Waals surface area contributed by atoms with E-state index in [9.17, 15) is 17.1 Å². The van der Waals surface area contributed by atoms with Crippen LogP contribution in [0.3, 0.4) is 0 Å². The first-order valence-electron chi connectivity index (χ1n) is 4.51. The maximum Gasteiger partial charge on any atom is 0.488 e. The summed E-state index contributed by atoms with van der Waals surface area (Å²) in [5, 5.41) is 11.3. The largest absolute Gasteiger partial charge is 0.488 e. The van der Waals surface area contributed by atoms with E-state index in [-0.39, 0.29) is 5.75 Å². The summed E-state index contributed by atoms with van der Waals surface area (Å²) in [6.45, 7) is 1.29. The van der Waals surface area contributed by atoms with Crippen LogP contribution in [-0.4, -0.2) is 25.5 Å². The number of nitrogens with one attached hydrogen (secondary N) is 1. The topological polar surface area (TPSA) is 92.7 Å². The molecule has 0 aliphatic heterocycles. The van der Waals surface area contributed by atoms with Crippen molar-refractivity contribution in [2.75, 3.05) is 5.32 Å². The van der Waals surface area contributed by atoms with Gasteiger partial charge in [-0.15, -0.1) is 0 Å². The highest BCUT2D eigenvalue weighted by molar-refractivity contribution is 7.81. The Morgan fingerprint density at radius 1 is 1.41 bits per heavy atom. The molecular weight excluding hydrogens is 253 g/mol. The molecule has 6 nitrogen and oxygen atoms in total. The molecule has 0 aliphatic rings. The molecule has 1 aromatic rings. The third-order valence-electron chi connectivity index (χ3n) is 1.70. The molecule has 1 amide bonds. The lowest BCUT2D eigenvalue weighted by Crippen LogP contribution is -2.24. The van der Waals surface area contributed by atoms with Crippen LogP contribution in [0.4, 0.5) is 9.57 Å². The van der Waals surface area contributed by atoms with Crippen molar-refractivity contribution in [2.45, 2.75) is 13.0 Å². The van der Waals surface area contributed by atoms with Gasteiger partial charge in [0.2, 0.25) is 0 Å². The number of aliphatic hydroxyl groups is 1. The van der Waals surface area contributed by atoms with Crippen LogP contribution >= 0.6 is 0 Å². The SMILES string of the molecule is CC(O)C(=O)Nc1ccc(OS(=O)(=O)F)cc1. The molecule has 2 N–H and O–H groups in total. The number of hydrogen-bond acceptors (Lipinski definition) is 5. The first kappa shape index (κ1) is 13.4. The molecule has 0 saturated heterocycles. The molecular formula is C9H10FNO5S. The van der Waals surface area contributed by atoms with Crippen LogP contribution < -0.4 is 9.50 Å². The summed E-state index contributed by atoms with van der Waals surface area (Å²) in [4.78, 5) is 11.1. The van der Waals surface area contributed by atoms with Gasteiger partial charge < -0.3 is 14.6 Å². The highest BCUT2D eigenvalue weighted by atomic mass is 32.3. The van der Waals surface area contributed by atoms with Crippen molar-refractivity contribution in [1.29, 1.82) is 0 Å². The van der Waals surface area contributed by atoms with Gasteiger partial charge in [-0.1, -0.05) is 3.89 Å². The Hall–Kier alpha value is -1.67. The molecule has 0 bridgehead atoms. The van der Waals surface area contributed by atoms with Gasteiger partial charge in [0.1, 0.15) is 11.9 Å². The van der Waals surface area contributed by atoms with Gasteiger partial charge in [0, 0.05) is 5.69 Å². The smallest absolute Gasteiger partial charge is 0.384 e. The number of benzene rings is 1. The van der Waals surface area contributed by atoms with Gasteiger partial charge in [-0.2, -0.15) is 8.42 Å². The first-order valence-corrected chi connectivity index (χ1v) is 5.82. The summed E-state index contributed by atoms with van der Waals surface area (Å²) in [6.07, 6.45) is -1.17. The minimum atomic E-state index is -5.05. The van der Waals surface area contributed by atoms with Crippen molar-refractivity contribution >= 4 is 22.1 Å². The molecule has 17 heavy (non-hydrogen) atoms. The van der Waals surface area contributed by atoms with E-state index in [0.717, 1.165) is 12.1 Å². The lowest BCUT2D eigenvalue weighted by Gasteiger charge is -2.07. The molecule has 1 aromatic carbocycles. The Kier molecular flexibility index (Phi) is 4.02. The standard InChI is InChI=1S/C9H10FNO5S/c1-6(12)9(13)11-7-2-4-8(5-3-7)16-17(10,14)15/h2-6,12H,1H3,(H,11,13). The first-order chi connectivity index (χ1) is 7.78. The van der Waals surface area contributed by atoms with Crippen LogP contribution in [0.25, 0.3) is 0 Å². The molecule has 0 heterocycles. The average Bonchev–Trinajstić information content (AvgIpc) is 2.18. The summed E-state index contributed by atoms with van der Waals surface area (Å²) < 4.78 is 36.4. The lowest BCUT2D eigenvalue weighted by molar-refractivity contribution is -0.123. The third kappa shape index (κ3) is 4.79. The quantitative estimate of drug-likeness (QED) is 0.776. The second-order valence-electron chi connectivity index (χ2n) is 3.17. The summed E-state index contributed by atoms with van der Waals surface area (Å²) in [7, 11) is -5.05. The van der Waals surface area contributed by atoms with Gasteiger partial charge in [-0.05, 0) is 31.2 Å². The van der Waals surface area contributed by atoms with Crippen LogP contribution in [0.1, 0.15) is 6.92 Å². The van der Waals surface area contributed by atoms with Crippen molar-refractivity contribution in [2.24, 2.45) is 0 Å². The fraction of sp³-hybridized carbons (Fsp3) is 0.222. The van der Waals surface area contributed by atoms with Crippen LogP contribution in [0, 0.1) is 0 Å². The number of anilines is 1. The second-order valence-corrected chi connectivity index (χ2v) is 4.12. The van der Waals surface area contributed by atoms with E-state index in [0.29, 0.717) is 5.69 Å². The van der Waals surface area contributed by atoms with Gasteiger partial charge in [-0.3, -0.25) is 4.79 Å². The van der Waals surface area contributed by atoms with Crippen molar-refractivity contribution < 1.29 is 26.4 Å². The summed E-state index contributed by atoms with van der Waals surface area (Å²) >= 11 is 0. The molecule has 0 fully saturated rings. The number of carbonyl (C=O) groups is 1. The number of rotatable bonds is 4. The minimum Gasteiger partial charge on any atom is -0.384 e. The Balaban J connectivity index is 2.72. The van der Waals surface area contributed by atoms with E-state index >= 15 is 0 Å². The van der Waals surface area contributed by atoms with Crippen LogP contribution in [0.5, 0.6) is 5.75 Å². The van der Waals surface area contributed by atoms with E-state index in [1.165, 1.54) is 19.1 Å². The number of hydrogen-bond donors (Lipinski definition) is 2. The average molecular weight is 263 g/mol. The number of carbonyl (C=O) groups excluding carboxylic acids is 1. The zero-order chi connectivity index (χ0) is 13.1. The Morgan fingerprint density at radius 3 is 2.35 bits per heavy atom. The minimum absolute atomic E-state index is 0.220. The summed E-state index contributed by atoms with van der Waals surface area (Å²) in [5.74, 6) is -0.834. The normalized spacial score (nSPS) is 12.9. The van der Waals surface area contributed by atoms with E-state index in [1.807, 2.05) is 0 Å². The van der Waals surface area contributed by atoms with Gasteiger partial charge >= 0.3 is 10.5 Å². The summed E-state index contributed by atoms with van der Waals surface area (Å²) in [6, 6.07) is 4.94. The molecule has 1 atom stereocenters. The van der Waals surface area contributed by atoms with Gasteiger partial charge in [-0.25, -0.2) is 0 Å². The molecule has 0 aromatic heterocycles. The van der Waals surface area contributed by atoms with E-state index in [1.54, 1.807) is 0 Å². The third-order valence-corrected chi connectivity index (χ3v) is 2.09. The highest BCUT2D eigenvalue weighted by Crippen LogP contribution is 2.17. The Morgan fingerprint density at radius 2 is 1.94 bits per heavy atom. The summed E-state index contributed by atoms with van der Waals surface area (Å²) in [5.41, 5.74) is 0.319. The van der Waals surface area contributed by atoms with E-state index in [2.05, 4.69) is 9.50 Å². The highest BCUT2D eigenvalue weighted by Gasteiger charge is 2.11. The predicted molar refractivity (Wildman–Crippen MR) is 57.4 cm³/mol. The Bertz CT molecular complexity index is 497. The fourth-order valence-electron chi connectivity index (χ4n) is 0.955. The predicted octanol–water partition coefficient (Wildman–Crippen LogP) is 0.599. The van der Waals surface area contributed by atoms with Crippen molar-refractivity contribution in [3.05, 3.63) is 24.3 Å². The molecule has 0 spiro atoms. The van der Waals surface area contributed by atoms with Crippen molar-refractivity contribution in [3.8, 4) is 5.75 Å². The molecule has 8 heteroatoms. The molecule has 0 aliphatic carbocycles. The maximum atomic E-state index is 12.1. The Labute approximate surface area is 97.4 Å². The van der Waals surface area contributed by atoms with Crippen molar-refractivity contribution in [1.82, 2.24) is 0 Å². The molecule has 0 saturated carbocycles. The monoisotopic (exact) mass is 263 g/mol. The van der Waals surface area contributed by atoms with E-state index in [4.69, 9.17) is 5.11 Å². The number of amides is 1. The van der Waals surface area contributed by atoms with Crippen LogP contribution in [0.15, 0.2) is 24.3 Å². The van der Waals surface area contributed by atoms with Gasteiger partial charge in [0.25, 0.3) is 5.91 Å². The van der Waals surface area contributed by atoms with Gasteiger partial charge in [0.15, 0.2) is 0 Å². The van der Waals surface area contributed by atoms with Gasteiger partial charge in [0.05, 0.1) is 0 Å². The lowest BCUT2D eigenvalue weighted by atomic mass is 10.3. The number of halogens is 1. The zero-order valence-electron chi connectivity index (χ0n) is 8.75. The second kappa shape index (κ2) is 5.11. The molecule has 0 radical (unpaired) electrons. The van der Waals surface area contributed by atoms with Crippen molar-refractivity contribution in [3.63, 3.8) is 0 Å². The number of aliphatic hydroxyl groups excluding tert-OH is 1. The van der Waals surface area contributed by atoms with Crippen LogP contribution in [-0.2, 0) is 15.3 Å². The fourth-order valence-corrected chi connectivity index (χ4v) is 1.30. The van der Waals surface area contributed by atoms with E-state index < -0.39 is 22.5 Å². The maximum absolute atomic E-state index is 12.1. The molecule has 1 unspecified atom stereocenters. The molecule has 94 valence electrons. The van der Waals surface area contributed by atoms with Crippen LogP contribution in [0.2, 0.25) is 0 Å². The zero-order valence-corrected chi connectivity index (χ0v) is 9.57.